The monoisotopic (exact) mass is 343 g/mol. The SMILES string of the molecule is CC(C)C1=NC2=C(Cc3cc(Cl)ccc3N2C)CN1C1CCCC1. The molecule has 1 saturated carbocycles. The first kappa shape index (κ1) is 16.0. The van der Waals surface area contributed by atoms with Crippen molar-refractivity contribution in [2.24, 2.45) is 10.9 Å². The van der Waals surface area contributed by atoms with Gasteiger partial charge in [0.25, 0.3) is 0 Å². The maximum Gasteiger partial charge on any atom is 0.136 e. The Bertz CT molecular complexity index is 714. The molecule has 4 rings (SSSR count). The molecule has 0 saturated heterocycles. The number of fused-ring (bicyclic) bond motifs is 1. The molecule has 0 N–H and O–H groups in total. The van der Waals surface area contributed by atoms with E-state index in [9.17, 15) is 0 Å². The molecule has 0 aromatic heterocycles. The van der Waals surface area contributed by atoms with Crippen LogP contribution in [0.1, 0.15) is 45.1 Å². The minimum atomic E-state index is 0.458. The number of amidine groups is 1. The topological polar surface area (TPSA) is 18.8 Å². The van der Waals surface area contributed by atoms with Crippen LogP contribution in [0.25, 0.3) is 0 Å². The van der Waals surface area contributed by atoms with Crippen LogP contribution in [0, 0.1) is 5.92 Å². The first-order valence-corrected chi connectivity index (χ1v) is 9.52. The smallest absolute Gasteiger partial charge is 0.136 e. The number of hydrogen-bond acceptors (Lipinski definition) is 3. The molecule has 1 aromatic rings. The van der Waals surface area contributed by atoms with Crippen LogP contribution in [0.5, 0.6) is 0 Å². The summed E-state index contributed by atoms with van der Waals surface area (Å²) in [5.41, 5.74) is 3.99. The van der Waals surface area contributed by atoms with Gasteiger partial charge in [0.1, 0.15) is 11.7 Å². The molecule has 1 aromatic carbocycles. The molecular weight excluding hydrogens is 318 g/mol. The van der Waals surface area contributed by atoms with E-state index in [-0.39, 0.29) is 0 Å². The maximum atomic E-state index is 6.22. The zero-order valence-electron chi connectivity index (χ0n) is 14.8. The summed E-state index contributed by atoms with van der Waals surface area (Å²) in [4.78, 5) is 9.99. The average Bonchev–Trinajstić information content (AvgIpc) is 3.08. The summed E-state index contributed by atoms with van der Waals surface area (Å²) >= 11 is 6.22. The third-order valence-corrected chi connectivity index (χ3v) is 5.83. The van der Waals surface area contributed by atoms with Crippen LogP contribution in [0.15, 0.2) is 34.6 Å². The Morgan fingerprint density at radius 3 is 2.67 bits per heavy atom. The van der Waals surface area contributed by atoms with Crippen molar-refractivity contribution in [1.29, 1.82) is 0 Å². The van der Waals surface area contributed by atoms with Gasteiger partial charge in [0.2, 0.25) is 0 Å². The highest BCUT2D eigenvalue weighted by molar-refractivity contribution is 6.30. The van der Waals surface area contributed by atoms with E-state index >= 15 is 0 Å². The van der Waals surface area contributed by atoms with Gasteiger partial charge in [-0.1, -0.05) is 38.3 Å². The van der Waals surface area contributed by atoms with Gasteiger partial charge in [-0.25, -0.2) is 4.99 Å². The number of benzene rings is 1. The molecule has 0 atom stereocenters. The van der Waals surface area contributed by atoms with Gasteiger partial charge < -0.3 is 9.80 Å². The molecular formula is C20H26ClN3. The Kier molecular flexibility index (Phi) is 4.07. The summed E-state index contributed by atoms with van der Waals surface area (Å²) < 4.78 is 0. The summed E-state index contributed by atoms with van der Waals surface area (Å²) in [5, 5.41) is 0.820. The summed E-state index contributed by atoms with van der Waals surface area (Å²) in [5.74, 6) is 2.88. The van der Waals surface area contributed by atoms with Crippen molar-refractivity contribution in [3.8, 4) is 0 Å². The molecule has 1 aliphatic carbocycles. The zero-order chi connectivity index (χ0) is 16.8. The molecule has 24 heavy (non-hydrogen) atoms. The Hall–Kier alpha value is -1.48. The van der Waals surface area contributed by atoms with E-state index in [2.05, 4.69) is 42.8 Å². The van der Waals surface area contributed by atoms with Crippen molar-refractivity contribution in [3.63, 3.8) is 0 Å². The fraction of sp³-hybridized carbons (Fsp3) is 0.550. The first-order valence-electron chi connectivity index (χ1n) is 9.14. The third-order valence-electron chi connectivity index (χ3n) is 5.60. The number of nitrogens with zero attached hydrogens (tertiary/aromatic N) is 3. The Morgan fingerprint density at radius 1 is 1.21 bits per heavy atom. The van der Waals surface area contributed by atoms with Gasteiger partial charge in [0.05, 0.1) is 0 Å². The summed E-state index contributed by atoms with van der Waals surface area (Å²) in [6.07, 6.45) is 6.31. The van der Waals surface area contributed by atoms with Crippen LogP contribution < -0.4 is 4.90 Å². The molecule has 128 valence electrons. The second kappa shape index (κ2) is 6.11. The van der Waals surface area contributed by atoms with E-state index in [0.29, 0.717) is 12.0 Å². The number of halogens is 1. The molecule has 1 fully saturated rings. The molecule has 0 bridgehead atoms. The number of anilines is 1. The lowest BCUT2D eigenvalue weighted by Gasteiger charge is -2.42. The molecule has 4 heteroatoms. The molecule has 2 aliphatic heterocycles. The normalized spacial score (nSPS) is 21.3. The lowest BCUT2D eigenvalue weighted by Crippen LogP contribution is -2.46. The molecule has 2 heterocycles. The van der Waals surface area contributed by atoms with Crippen LogP contribution in [0.4, 0.5) is 5.69 Å². The van der Waals surface area contributed by atoms with E-state index < -0.39 is 0 Å². The van der Waals surface area contributed by atoms with Crippen LogP contribution in [0.2, 0.25) is 5.02 Å². The minimum Gasteiger partial charge on any atom is -0.353 e. The second-order valence-electron chi connectivity index (χ2n) is 7.63. The quantitative estimate of drug-likeness (QED) is 0.763. The zero-order valence-corrected chi connectivity index (χ0v) is 15.6. The molecule has 0 spiro atoms. The van der Waals surface area contributed by atoms with Crippen LogP contribution in [0.3, 0.4) is 0 Å². The largest absolute Gasteiger partial charge is 0.353 e. The van der Waals surface area contributed by atoms with Crippen molar-refractivity contribution in [2.75, 3.05) is 18.5 Å². The second-order valence-corrected chi connectivity index (χ2v) is 8.06. The van der Waals surface area contributed by atoms with Crippen molar-refractivity contribution in [3.05, 3.63) is 40.2 Å². The van der Waals surface area contributed by atoms with Crippen LogP contribution in [-0.4, -0.2) is 30.4 Å². The predicted molar refractivity (Wildman–Crippen MR) is 102 cm³/mol. The predicted octanol–water partition coefficient (Wildman–Crippen LogP) is 4.86. The van der Waals surface area contributed by atoms with Crippen LogP contribution in [-0.2, 0) is 6.42 Å². The van der Waals surface area contributed by atoms with E-state index in [1.807, 2.05) is 6.07 Å². The van der Waals surface area contributed by atoms with E-state index in [0.717, 1.165) is 23.8 Å². The summed E-state index contributed by atoms with van der Waals surface area (Å²) in [6, 6.07) is 6.88. The molecule has 3 aliphatic rings. The Labute approximate surface area is 150 Å². The van der Waals surface area contributed by atoms with Crippen LogP contribution >= 0.6 is 11.6 Å². The van der Waals surface area contributed by atoms with Gasteiger partial charge >= 0.3 is 0 Å². The fourth-order valence-electron chi connectivity index (χ4n) is 4.42. The molecule has 0 radical (unpaired) electrons. The minimum absolute atomic E-state index is 0.458. The average molecular weight is 344 g/mol. The first-order chi connectivity index (χ1) is 11.5. The van der Waals surface area contributed by atoms with E-state index in [4.69, 9.17) is 16.6 Å². The maximum absolute atomic E-state index is 6.22. The standard InChI is InChI=1S/C20H26ClN3/c1-13(2)19-22-20-15(12-24(19)17-6-4-5-7-17)10-14-11-16(21)8-9-18(14)23(20)3/h8-9,11,13,17H,4-7,10,12H2,1-3H3. The van der Waals surface area contributed by atoms with Crippen molar-refractivity contribution in [2.45, 2.75) is 52.0 Å². The van der Waals surface area contributed by atoms with Gasteiger partial charge in [-0.2, -0.15) is 0 Å². The number of hydrogen-bond donors (Lipinski definition) is 0. The highest BCUT2D eigenvalue weighted by Crippen LogP contribution is 2.38. The lowest BCUT2D eigenvalue weighted by atomic mass is 9.95. The third kappa shape index (κ3) is 2.63. The summed E-state index contributed by atoms with van der Waals surface area (Å²) in [7, 11) is 2.13. The van der Waals surface area contributed by atoms with Crippen molar-refractivity contribution < 1.29 is 0 Å². The highest BCUT2D eigenvalue weighted by Gasteiger charge is 2.34. The Balaban J connectivity index is 1.72. The van der Waals surface area contributed by atoms with Gasteiger partial charge in [0.15, 0.2) is 0 Å². The lowest BCUT2D eigenvalue weighted by molar-refractivity contribution is 0.314. The van der Waals surface area contributed by atoms with Crippen molar-refractivity contribution >= 4 is 23.1 Å². The van der Waals surface area contributed by atoms with Gasteiger partial charge in [-0.05, 0) is 42.2 Å². The fourth-order valence-corrected chi connectivity index (χ4v) is 4.61. The highest BCUT2D eigenvalue weighted by atomic mass is 35.5. The summed E-state index contributed by atoms with van der Waals surface area (Å²) in [6.45, 7) is 5.55. The van der Waals surface area contributed by atoms with Gasteiger partial charge in [0, 0.05) is 42.7 Å². The molecule has 3 nitrogen and oxygen atoms in total. The van der Waals surface area contributed by atoms with E-state index in [1.54, 1.807) is 0 Å². The van der Waals surface area contributed by atoms with Gasteiger partial charge in [-0.3, -0.25) is 0 Å². The van der Waals surface area contributed by atoms with Gasteiger partial charge in [-0.15, -0.1) is 0 Å². The number of aliphatic imine (C=N–C) groups is 1. The Morgan fingerprint density at radius 2 is 1.96 bits per heavy atom. The van der Waals surface area contributed by atoms with E-state index in [1.165, 1.54) is 48.3 Å². The number of rotatable bonds is 2. The van der Waals surface area contributed by atoms with Crippen molar-refractivity contribution in [1.82, 2.24) is 4.90 Å². The molecule has 0 unspecified atom stereocenters. The molecule has 0 amide bonds.